The number of ether oxygens (including phenoxy) is 4. The van der Waals surface area contributed by atoms with Gasteiger partial charge in [-0.15, -0.1) is 0 Å². The summed E-state index contributed by atoms with van der Waals surface area (Å²) < 4.78 is 36.5. The summed E-state index contributed by atoms with van der Waals surface area (Å²) in [4.78, 5) is 8.66. The minimum atomic E-state index is -1.15. The summed E-state index contributed by atoms with van der Waals surface area (Å²) in [6.07, 6.45) is -1.26. The summed E-state index contributed by atoms with van der Waals surface area (Å²) >= 11 is 18.3. The Bertz CT molecular complexity index is 1160. The molecule has 0 spiro atoms. The molecule has 2 aliphatic heterocycles. The van der Waals surface area contributed by atoms with Gasteiger partial charge in [-0.3, -0.25) is 0 Å². The molecular weight excluding hydrogens is 484 g/mol. The third kappa shape index (κ3) is 3.91. The fraction of sp³-hybridized carbons (Fsp3) is 0.333. The van der Waals surface area contributed by atoms with E-state index in [9.17, 15) is 4.39 Å². The fourth-order valence-electron chi connectivity index (χ4n) is 3.86. The summed E-state index contributed by atoms with van der Waals surface area (Å²) in [6, 6.07) is 6.79. The minimum absolute atomic E-state index is 0.00499. The monoisotopic (exact) mass is 499 g/mol. The van der Waals surface area contributed by atoms with Crippen LogP contribution < -0.4 is 14.8 Å². The van der Waals surface area contributed by atoms with Gasteiger partial charge in [-0.25, -0.2) is 14.4 Å². The molecule has 0 radical (unpaired) electrons. The van der Waals surface area contributed by atoms with Gasteiger partial charge in [-0.05, 0) is 18.2 Å². The summed E-state index contributed by atoms with van der Waals surface area (Å²) in [5, 5.41) is 4.76. The molecule has 0 saturated carbocycles. The first-order valence-corrected chi connectivity index (χ1v) is 10.9. The quantitative estimate of drug-likeness (QED) is 0.481. The number of aromatic nitrogens is 2. The van der Waals surface area contributed by atoms with Crippen LogP contribution in [0.3, 0.4) is 0 Å². The van der Waals surface area contributed by atoms with Crippen LogP contribution in [0.1, 0.15) is 0 Å². The number of fused-ring (bicyclic) bond motifs is 2. The predicted molar refractivity (Wildman–Crippen MR) is 120 cm³/mol. The van der Waals surface area contributed by atoms with Crippen molar-refractivity contribution in [2.75, 3.05) is 25.6 Å². The van der Waals surface area contributed by atoms with E-state index in [4.69, 9.17) is 53.8 Å². The van der Waals surface area contributed by atoms with Crippen LogP contribution in [0.4, 0.5) is 15.9 Å². The number of benzene rings is 2. The van der Waals surface area contributed by atoms with Crippen LogP contribution in [-0.4, -0.2) is 54.8 Å². The number of rotatable bonds is 5. The molecule has 0 aliphatic carbocycles. The van der Waals surface area contributed by atoms with E-state index in [1.165, 1.54) is 13.4 Å². The van der Waals surface area contributed by atoms with Gasteiger partial charge < -0.3 is 24.3 Å². The van der Waals surface area contributed by atoms with Crippen LogP contribution in [-0.2, 0) is 9.47 Å². The van der Waals surface area contributed by atoms with E-state index in [-0.39, 0.29) is 18.2 Å². The summed E-state index contributed by atoms with van der Waals surface area (Å²) in [5.41, 5.74) is 1.22. The van der Waals surface area contributed by atoms with E-state index in [1.54, 1.807) is 24.3 Å². The van der Waals surface area contributed by atoms with Crippen molar-refractivity contribution in [1.29, 1.82) is 0 Å². The number of methoxy groups -OCH3 is 1. The molecule has 0 bridgehead atoms. The Labute approximate surface area is 197 Å². The van der Waals surface area contributed by atoms with Crippen molar-refractivity contribution in [3.05, 3.63) is 45.7 Å². The summed E-state index contributed by atoms with van der Waals surface area (Å²) in [7, 11) is 1.53. The Morgan fingerprint density at radius 3 is 2.50 bits per heavy atom. The van der Waals surface area contributed by atoms with E-state index in [0.29, 0.717) is 44.0 Å². The number of nitrogens with one attached hydrogen (secondary N) is 1. The van der Waals surface area contributed by atoms with E-state index in [2.05, 4.69) is 15.3 Å². The van der Waals surface area contributed by atoms with Crippen molar-refractivity contribution in [3.63, 3.8) is 0 Å². The van der Waals surface area contributed by atoms with Crippen molar-refractivity contribution < 1.29 is 23.3 Å². The second kappa shape index (κ2) is 8.68. The number of alkyl halides is 1. The molecule has 7 nitrogen and oxygen atoms in total. The molecule has 32 heavy (non-hydrogen) atoms. The Hall–Kier alpha value is -2.10. The zero-order valence-corrected chi connectivity index (χ0v) is 18.9. The maximum absolute atomic E-state index is 13.9. The first-order chi connectivity index (χ1) is 15.4. The Balaban J connectivity index is 1.46. The number of anilines is 2. The molecule has 0 amide bonds. The highest BCUT2D eigenvalue weighted by Crippen LogP contribution is 2.39. The first-order valence-electron chi connectivity index (χ1n) is 9.73. The number of halogens is 4. The molecule has 3 aromatic rings. The average molecular weight is 501 g/mol. The number of hydrogen-bond acceptors (Lipinski definition) is 7. The Kier molecular flexibility index (Phi) is 5.90. The van der Waals surface area contributed by atoms with Gasteiger partial charge in [-0.2, -0.15) is 0 Å². The number of hydrogen-bond donors (Lipinski definition) is 1. The van der Waals surface area contributed by atoms with Gasteiger partial charge in [0.2, 0.25) is 0 Å². The molecule has 168 valence electrons. The van der Waals surface area contributed by atoms with Gasteiger partial charge in [0.25, 0.3) is 0 Å². The van der Waals surface area contributed by atoms with E-state index in [0.717, 1.165) is 0 Å². The lowest BCUT2D eigenvalue weighted by atomic mass is 10.1. The fourth-order valence-corrected chi connectivity index (χ4v) is 4.46. The molecule has 3 heterocycles. The molecule has 2 aliphatic rings. The van der Waals surface area contributed by atoms with E-state index >= 15 is 0 Å². The molecule has 11 heteroatoms. The van der Waals surface area contributed by atoms with Crippen molar-refractivity contribution in [1.82, 2.24) is 9.97 Å². The maximum Gasteiger partial charge on any atom is 0.164 e. The van der Waals surface area contributed by atoms with Gasteiger partial charge in [0, 0.05) is 17.1 Å². The zero-order chi connectivity index (χ0) is 22.4. The smallest absolute Gasteiger partial charge is 0.164 e. The molecule has 5 rings (SSSR count). The summed E-state index contributed by atoms with van der Waals surface area (Å²) in [5.74, 6) is 1.42. The van der Waals surface area contributed by atoms with Crippen LogP contribution in [0.2, 0.25) is 15.1 Å². The minimum Gasteiger partial charge on any atom is -0.493 e. The van der Waals surface area contributed by atoms with Gasteiger partial charge in [0.1, 0.15) is 24.4 Å². The van der Waals surface area contributed by atoms with Gasteiger partial charge in [0.15, 0.2) is 23.8 Å². The second-order valence-corrected chi connectivity index (χ2v) is 8.58. The SMILES string of the molecule is COc1cc2c(Nc3cc(Cl)c(Cl)c(Cl)c3)ncnc2cc1OC1CO[C@H]2[C@H](F)CO[C@@H]12. The molecule has 2 fully saturated rings. The van der Waals surface area contributed by atoms with Crippen LogP contribution in [0, 0.1) is 0 Å². The zero-order valence-electron chi connectivity index (χ0n) is 16.6. The molecule has 4 atom stereocenters. The highest BCUT2D eigenvalue weighted by atomic mass is 35.5. The van der Waals surface area contributed by atoms with Crippen LogP contribution >= 0.6 is 34.8 Å². The van der Waals surface area contributed by atoms with E-state index in [1.807, 2.05) is 0 Å². The molecule has 1 unspecified atom stereocenters. The van der Waals surface area contributed by atoms with Crippen molar-refractivity contribution in [2.45, 2.75) is 24.5 Å². The third-order valence-corrected chi connectivity index (χ3v) is 6.59. The Morgan fingerprint density at radius 1 is 1.00 bits per heavy atom. The lowest BCUT2D eigenvalue weighted by molar-refractivity contribution is 0.0271. The van der Waals surface area contributed by atoms with Gasteiger partial charge in [0.05, 0.1) is 40.9 Å². The van der Waals surface area contributed by atoms with Crippen molar-refractivity contribution in [2.24, 2.45) is 0 Å². The summed E-state index contributed by atoms with van der Waals surface area (Å²) in [6.45, 7) is 0.233. The molecular formula is C21H17Cl3FN3O4. The lowest BCUT2D eigenvalue weighted by Crippen LogP contribution is -2.33. The van der Waals surface area contributed by atoms with Crippen LogP contribution in [0.5, 0.6) is 11.5 Å². The molecule has 1 N–H and O–H groups in total. The Morgan fingerprint density at radius 2 is 1.75 bits per heavy atom. The predicted octanol–water partition coefficient (Wildman–Crippen LogP) is 5.23. The largest absolute Gasteiger partial charge is 0.493 e. The van der Waals surface area contributed by atoms with Crippen LogP contribution in [0.15, 0.2) is 30.6 Å². The third-order valence-electron chi connectivity index (χ3n) is 5.39. The van der Waals surface area contributed by atoms with E-state index < -0.39 is 24.5 Å². The van der Waals surface area contributed by atoms with Gasteiger partial charge >= 0.3 is 0 Å². The molecule has 2 aromatic carbocycles. The highest BCUT2D eigenvalue weighted by Gasteiger charge is 2.49. The van der Waals surface area contributed by atoms with Crippen molar-refractivity contribution in [3.8, 4) is 11.5 Å². The normalized spacial score (nSPS) is 24.5. The van der Waals surface area contributed by atoms with Crippen molar-refractivity contribution >= 4 is 57.2 Å². The van der Waals surface area contributed by atoms with Gasteiger partial charge in [-0.1, -0.05) is 34.8 Å². The lowest BCUT2D eigenvalue weighted by Gasteiger charge is -2.20. The molecule has 2 saturated heterocycles. The first kappa shape index (κ1) is 21.7. The topological polar surface area (TPSA) is 74.7 Å². The molecule has 1 aromatic heterocycles. The number of nitrogens with zero attached hydrogens (tertiary/aromatic N) is 2. The maximum atomic E-state index is 13.9. The highest BCUT2D eigenvalue weighted by molar-refractivity contribution is 6.48. The standard InChI is InChI=1S/C21H17Cl3FN3O4/c1-29-15-4-10-14(5-16(15)32-17-7-31-19-13(25)6-30-20(17)19)26-8-27-21(10)28-9-2-11(22)18(24)12(23)3-9/h2-5,8,13,17,19-20H,6-7H2,1H3,(H,26,27,28)/t13-,17?,19+,20+/m1/s1. The van der Waals surface area contributed by atoms with Crippen LogP contribution in [0.25, 0.3) is 10.9 Å². The average Bonchev–Trinajstić information content (AvgIpc) is 3.35. The second-order valence-electron chi connectivity index (χ2n) is 7.39.